The molecule has 1 saturated carbocycles. The summed E-state index contributed by atoms with van der Waals surface area (Å²) in [6.45, 7) is 4.65. The standard InChI is InChI=1S/C24H33N3O3S/c1-2-29-20-10-11-22-17(14-20)13-18(23(28)26-22)16-27(19-7-4-3-5-8-19)24(31)25-15-21-9-6-12-30-21/h10-11,13-14,19,21H,2-9,12,15-16H2,1H3,(H,25,31)(H,26,28)/t21-/m1/s1. The van der Waals surface area contributed by atoms with Crippen molar-refractivity contribution < 1.29 is 9.47 Å². The first-order valence-electron chi connectivity index (χ1n) is 11.6. The molecule has 2 fully saturated rings. The third-order valence-electron chi connectivity index (χ3n) is 6.33. The molecule has 2 N–H and O–H groups in total. The van der Waals surface area contributed by atoms with Gasteiger partial charge >= 0.3 is 0 Å². The fourth-order valence-corrected chi connectivity index (χ4v) is 4.95. The van der Waals surface area contributed by atoms with Crippen LogP contribution in [-0.4, -0.2) is 46.9 Å². The maximum Gasteiger partial charge on any atom is 0.253 e. The van der Waals surface area contributed by atoms with Crippen molar-refractivity contribution in [3.63, 3.8) is 0 Å². The zero-order valence-electron chi connectivity index (χ0n) is 18.3. The van der Waals surface area contributed by atoms with Crippen LogP contribution in [0.15, 0.2) is 29.1 Å². The minimum Gasteiger partial charge on any atom is -0.494 e. The molecule has 0 spiro atoms. The fourth-order valence-electron chi connectivity index (χ4n) is 4.65. The number of nitrogens with one attached hydrogen (secondary N) is 2. The average molecular weight is 444 g/mol. The number of hydrogen-bond donors (Lipinski definition) is 2. The van der Waals surface area contributed by atoms with Crippen LogP contribution >= 0.6 is 12.2 Å². The van der Waals surface area contributed by atoms with E-state index < -0.39 is 0 Å². The van der Waals surface area contributed by atoms with Crippen LogP contribution in [0.2, 0.25) is 0 Å². The minimum atomic E-state index is -0.0561. The predicted octanol–water partition coefficient (Wildman–Crippen LogP) is 4.12. The number of hydrogen-bond acceptors (Lipinski definition) is 4. The summed E-state index contributed by atoms with van der Waals surface area (Å²) >= 11 is 5.81. The van der Waals surface area contributed by atoms with Gasteiger partial charge < -0.3 is 24.7 Å². The van der Waals surface area contributed by atoms with E-state index in [1.807, 2.05) is 31.2 Å². The normalized spacial score (nSPS) is 19.5. The van der Waals surface area contributed by atoms with E-state index in [2.05, 4.69) is 15.2 Å². The first-order valence-corrected chi connectivity index (χ1v) is 12.0. The summed E-state index contributed by atoms with van der Waals surface area (Å²) in [5.41, 5.74) is 1.49. The smallest absolute Gasteiger partial charge is 0.253 e. The van der Waals surface area contributed by atoms with Crippen molar-refractivity contribution in [1.82, 2.24) is 15.2 Å². The molecule has 31 heavy (non-hydrogen) atoms. The van der Waals surface area contributed by atoms with E-state index in [1.54, 1.807) is 0 Å². The van der Waals surface area contributed by atoms with Crippen LogP contribution in [-0.2, 0) is 11.3 Å². The minimum absolute atomic E-state index is 0.0561. The number of thiocarbonyl (C=S) groups is 1. The Morgan fingerprint density at radius 2 is 2.06 bits per heavy atom. The molecule has 1 aromatic heterocycles. The summed E-state index contributed by atoms with van der Waals surface area (Å²) in [5, 5.41) is 5.13. The molecular weight excluding hydrogens is 410 g/mol. The van der Waals surface area contributed by atoms with E-state index in [4.69, 9.17) is 21.7 Å². The Morgan fingerprint density at radius 3 is 2.81 bits per heavy atom. The third kappa shape index (κ3) is 5.57. The highest BCUT2D eigenvalue weighted by atomic mass is 32.1. The van der Waals surface area contributed by atoms with Gasteiger partial charge in [-0.3, -0.25) is 4.79 Å². The van der Waals surface area contributed by atoms with E-state index in [9.17, 15) is 4.79 Å². The quantitative estimate of drug-likeness (QED) is 0.628. The van der Waals surface area contributed by atoms with Crippen molar-refractivity contribution in [2.75, 3.05) is 19.8 Å². The van der Waals surface area contributed by atoms with Gasteiger partial charge in [-0.05, 0) is 69.1 Å². The number of rotatable bonds is 7. The maximum absolute atomic E-state index is 12.9. The van der Waals surface area contributed by atoms with Gasteiger partial charge in [-0.1, -0.05) is 19.3 Å². The van der Waals surface area contributed by atoms with Crippen LogP contribution in [0.25, 0.3) is 10.9 Å². The van der Waals surface area contributed by atoms with Gasteiger partial charge in [0.05, 0.1) is 19.3 Å². The molecule has 4 rings (SSSR count). The number of ether oxygens (including phenoxy) is 2. The molecule has 7 heteroatoms. The maximum atomic E-state index is 12.9. The van der Waals surface area contributed by atoms with Crippen molar-refractivity contribution in [3.05, 3.63) is 40.2 Å². The van der Waals surface area contributed by atoms with Crippen LogP contribution in [0.5, 0.6) is 5.75 Å². The topological polar surface area (TPSA) is 66.6 Å². The second-order valence-corrected chi connectivity index (χ2v) is 8.93. The number of aromatic amines is 1. The molecule has 0 bridgehead atoms. The highest BCUT2D eigenvalue weighted by Gasteiger charge is 2.25. The van der Waals surface area contributed by atoms with Gasteiger partial charge in [0.15, 0.2) is 5.11 Å². The summed E-state index contributed by atoms with van der Waals surface area (Å²) in [5.74, 6) is 0.811. The molecule has 2 aliphatic rings. The molecule has 6 nitrogen and oxygen atoms in total. The van der Waals surface area contributed by atoms with Crippen LogP contribution in [0.3, 0.4) is 0 Å². The second-order valence-electron chi connectivity index (χ2n) is 8.55. The van der Waals surface area contributed by atoms with E-state index in [1.165, 1.54) is 19.3 Å². The second kappa shape index (κ2) is 10.5. The lowest BCUT2D eigenvalue weighted by molar-refractivity contribution is 0.112. The van der Waals surface area contributed by atoms with Crippen molar-refractivity contribution in [2.45, 2.75) is 70.6 Å². The molecule has 1 aliphatic heterocycles. The SMILES string of the molecule is CCOc1ccc2[nH]c(=O)c(CN(C(=S)NC[C@H]3CCCO3)C3CCCCC3)cc2c1. The van der Waals surface area contributed by atoms with Gasteiger partial charge in [0.2, 0.25) is 0 Å². The van der Waals surface area contributed by atoms with Crippen LogP contribution < -0.4 is 15.6 Å². The summed E-state index contributed by atoms with van der Waals surface area (Å²) in [4.78, 5) is 18.1. The third-order valence-corrected chi connectivity index (χ3v) is 6.70. The number of nitrogens with zero attached hydrogens (tertiary/aromatic N) is 1. The van der Waals surface area contributed by atoms with Crippen molar-refractivity contribution in [1.29, 1.82) is 0 Å². The largest absolute Gasteiger partial charge is 0.494 e. The van der Waals surface area contributed by atoms with Crippen LogP contribution in [0.1, 0.15) is 57.4 Å². The highest BCUT2D eigenvalue weighted by Crippen LogP contribution is 2.25. The van der Waals surface area contributed by atoms with Crippen LogP contribution in [0, 0.1) is 0 Å². The molecule has 0 unspecified atom stereocenters. The first kappa shape index (κ1) is 22.1. The lowest BCUT2D eigenvalue weighted by Gasteiger charge is -2.36. The van der Waals surface area contributed by atoms with Gasteiger partial charge in [0.1, 0.15) is 5.75 Å². The van der Waals surface area contributed by atoms with Crippen LogP contribution in [0.4, 0.5) is 0 Å². The summed E-state index contributed by atoms with van der Waals surface area (Å²) in [6, 6.07) is 8.12. The zero-order chi connectivity index (χ0) is 21.6. The summed E-state index contributed by atoms with van der Waals surface area (Å²) < 4.78 is 11.4. The van der Waals surface area contributed by atoms with Crippen molar-refractivity contribution >= 4 is 28.2 Å². The Morgan fingerprint density at radius 1 is 1.23 bits per heavy atom. The molecule has 1 saturated heterocycles. The van der Waals surface area contributed by atoms with Gasteiger partial charge in [-0.2, -0.15) is 0 Å². The molecule has 1 aliphatic carbocycles. The Bertz CT molecular complexity index is 949. The average Bonchev–Trinajstić information content (AvgIpc) is 3.31. The number of fused-ring (bicyclic) bond motifs is 1. The lowest BCUT2D eigenvalue weighted by Crippen LogP contribution is -2.48. The number of aromatic nitrogens is 1. The van der Waals surface area contributed by atoms with E-state index in [-0.39, 0.29) is 11.7 Å². The molecule has 168 valence electrons. The lowest BCUT2D eigenvalue weighted by atomic mass is 9.94. The molecule has 0 amide bonds. The van der Waals surface area contributed by atoms with Gasteiger partial charge in [0, 0.05) is 35.7 Å². The number of benzene rings is 1. The predicted molar refractivity (Wildman–Crippen MR) is 128 cm³/mol. The Balaban J connectivity index is 1.55. The van der Waals surface area contributed by atoms with E-state index in [0.717, 1.165) is 66.2 Å². The monoisotopic (exact) mass is 443 g/mol. The molecule has 0 radical (unpaired) electrons. The summed E-state index contributed by atoms with van der Waals surface area (Å²) in [7, 11) is 0. The molecule has 2 heterocycles. The van der Waals surface area contributed by atoms with Gasteiger partial charge in [-0.15, -0.1) is 0 Å². The van der Waals surface area contributed by atoms with E-state index >= 15 is 0 Å². The van der Waals surface area contributed by atoms with Crippen molar-refractivity contribution in [3.8, 4) is 5.75 Å². The molecule has 2 aromatic rings. The van der Waals surface area contributed by atoms with Gasteiger partial charge in [0.25, 0.3) is 5.56 Å². The fraction of sp³-hybridized carbons (Fsp3) is 0.583. The number of H-pyrrole nitrogens is 1. The molecule has 1 atom stereocenters. The highest BCUT2D eigenvalue weighted by molar-refractivity contribution is 7.80. The summed E-state index contributed by atoms with van der Waals surface area (Å²) in [6.07, 6.45) is 8.34. The molecular formula is C24H33N3O3S. The Labute approximate surface area is 189 Å². The Kier molecular flexibility index (Phi) is 7.45. The zero-order valence-corrected chi connectivity index (χ0v) is 19.1. The van der Waals surface area contributed by atoms with Crippen molar-refractivity contribution in [2.24, 2.45) is 0 Å². The first-order chi connectivity index (χ1) is 15.1. The Hall–Kier alpha value is -2.12. The van der Waals surface area contributed by atoms with Gasteiger partial charge in [-0.25, -0.2) is 0 Å². The van der Waals surface area contributed by atoms with E-state index in [0.29, 0.717) is 19.2 Å². The number of pyridine rings is 1. The molecule has 1 aromatic carbocycles.